The van der Waals surface area contributed by atoms with Crippen molar-refractivity contribution in [3.63, 3.8) is 0 Å². The number of fused-ring (bicyclic) bond motifs is 1. The van der Waals surface area contributed by atoms with E-state index in [2.05, 4.69) is 37.1 Å². The average Bonchev–Trinajstić information content (AvgIpc) is 2.59. The van der Waals surface area contributed by atoms with E-state index >= 15 is 0 Å². The summed E-state index contributed by atoms with van der Waals surface area (Å²) in [7, 11) is 0. The summed E-state index contributed by atoms with van der Waals surface area (Å²) in [6, 6.07) is 15.6. The summed E-state index contributed by atoms with van der Waals surface area (Å²) in [5, 5.41) is 3.81. The van der Waals surface area contributed by atoms with Crippen LogP contribution in [0, 0.1) is 6.92 Å². The van der Waals surface area contributed by atoms with Crippen LogP contribution in [0.1, 0.15) is 30.9 Å². The second-order valence-corrected chi connectivity index (χ2v) is 6.43. The third-order valence-corrected chi connectivity index (χ3v) is 4.11. The number of hydrogen-bond acceptors (Lipinski definition) is 3. The summed E-state index contributed by atoms with van der Waals surface area (Å²) < 4.78 is 5.61. The Morgan fingerprint density at radius 3 is 2.72 bits per heavy atom. The fourth-order valence-electron chi connectivity index (χ4n) is 2.87. The SMILES string of the molecule is Cc1cc(OCC(=O)Nc2cnc3ccccc3c2)ccc1C(C)C. The number of aryl methyl sites for hydroxylation is 1. The van der Waals surface area contributed by atoms with Crippen molar-refractivity contribution in [1.82, 2.24) is 4.98 Å². The van der Waals surface area contributed by atoms with Crippen LogP contribution in [0.15, 0.2) is 54.7 Å². The van der Waals surface area contributed by atoms with E-state index in [1.54, 1.807) is 6.20 Å². The number of rotatable bonds is 5. The minimum absolute atomic E-state index is 0.0344. The van der Waals surface area contributed by atoms with E-state index in [9.17, 15) is 4.79 Å². The maximum Gasteiger partial charge on any atom is 0.262 e. The molecule has 4 nitrogen and oxygen atoms in total. The predicted octanol–water partition coefficient (Wildman–Crippen LogP) is 4.68. The molecular formula is C21H22N2O2. The minimum atomic E-state index is -0.206. The first-order chi connectivity index (χ1) is 12.0. The molecule has 3 aromatic rings. The van der Waals surface area contributed by atoms with Crippen molar-refractivity contribution in [1.29, 1.82) is 0 Å². The molecule has 0 atom stereocenters. The average molecular weight is 334 g/mol. The fourth-order valence-corrected chi connectivity index (χ4v) is 2.87. The first kappa shape index (κ1) is 17.0. The molecule has 1 N–H and O–H groups in total. The van der Waals surface area contributed by atoms with Gasteiger partial charge in [0.2, 0.25) is 0 Å². The zero-order valence-electron chi connectivity index (χ0n) is 14.7. The number of amides is 1. The van der Waals surface area contributed by atoms with E-state index in [1.165, 1.54) is 11.1 Å². The Bertz CT molecular complexity index is 903. The molecule has 128 valence electrons. The highest BCUT2D eigenvalue weighted by molar-refractivity contribution is 5.93. The van der Waals surface area contributed by atoms with Gasteiger partial charge in [0.15, 0.2) is 6.61 Å². The normalized spacial score (nSPS) is 10.9. The molecule has 0 spiro atoms. The largest absolute Gasteiger partial charge is 0.484 e. The van der Waals surface area contributed by atoms with E-state index in [1.807, 2.05) is 42.5 Å². The molecule has 0 aliphatic heterocycles. The Labute approximate surface area is 147 Å². The first-order valence-corrected chi connectivity index (χ1v) is 8.41. The van der Waals surface area contributed by atoms with Crippen LogP contribution < -0.4 is 10.1 Å². The van der Waals surface area contributed by atoms with Crippen molar-refractivity contribution in [2.75, 3.05) is 11.9 Å². The zero-order chi connectivity index (χ0) is 17.8. The molecular weight excluding hydrogens is 312 g/mol. The highest BCUT2D eigenvalue weighted by Gasteiger charge is 2.08. The maximum absolute atomic E-state index is 12.1. The van der Waals surface area contributed by atoms with Crippen LogP contribution in [-0.4, -0.2) is 17.5 Å². The van der Waals surface area contributed by atoms with Crippen LogP contribution in [0.5, 0.6) is 5.75 Å². The molecule has 0 saturated carbocycles. The second kappa shape index (κ2) is 7.34. The van der Waals surface area contributed by atoms with Gasteiger partial charge in [-0.2, -0.15) is 0 Å². The van der Waals surface area contributed by atoms with Crippen molar-refractivity contribution in [2.24, 2.45) is 0 Å². The van der Waals surface area contributed by atoms with Crippen molar-refractivity contribution in [3.05, 3.63) is 65.9 Å². The van der Waals surface area contributed by atoms with Crippen LogP contribution >= 0.6 is 0 Å². The lowest BCUT2D eigenvalue weighted by molar-refractivity contribution is -0.118. The molecule has 0 aliphatic carbocycles. The Morgan fingerprint density at radius 1 is 1.16 bits per heavy atom. The topological polar surface area (TPSA) is 51.2 Å². The number of anilines is 1. The highest BCUT2D eigenvalue weighted by atomic mass is 16.5. The van der Waals surface area contributed by atoms with Crippen molar-refractivity contribution in [2.45, 2.75) is 26.7 Å². The third-order valence-electron chi connectivity index (χ3n) is 4.11. The number of benzene rings is 2. The lowest BCUT2D eigenvalue weighted by atomic mass is 9.98. The number of carbonyl (C=O) groups excluding carboxylic acids is 1. The molecule has 1 amide bonds. The van der Waals surface area contributed by atoms with E-state index < -0.39 is 0 Å². The van der Waals surface area contributed by atoms with Gasteiger partial charge in [-0.05, 0) is 48.2 Å². The second-order valence-electron chi connectivity index (χ2n) is 6.43. The number of para-hydroxylation sites is 1. The lowest BCUT2D eigenvalue weighted by Crippen LogP contribution is -2.20. The number of ether oxygens (including phenoxy) is 1. The Balaban J connectivity index is 1.61. The summed E-state index contributed by atoms with van der Waals surface area (Å²) in [5.74, 6) is 0.967. The summed E-state index contributed by atoms with van der Waals surface area (Å²) in [6.07, 6.45) is 1.65. The van der Waals surface area contributed by atoms with Gasteiger partial charge >= 0.3 is 0 Å². The number of pyridine rings is 1. The summed E-state index contributed by atoms with van der Waals surface area (Å²) in [5.41, 5.74) is 4.03. The van der Waals surface area contributed by atoms with Crippen LogP contribution in [0.25, 0.3) is 10.9 Å². The van der Waals surface area contributed by atoms with Gasteiger partial charge in [0.25, 0.3) is 5.91 Å². The Hall–Kier alpha value is -2.88. The van der Waals surface area contributed by atoms with Crippen LogP contribution in [-0.2, 0) is 4.79 Å². The van der Waals surface area contributed by atoms with Gasteiger partial charge in [0, 0.05) is 5.39 Å². The van der Waals surface area contributed by atoms with E-state index in [-0.39, 0.29) is 12.5 Å². The number of aromatic nitrogens is 1. The summed E-state index contributed by atoms with van der Waals surface area (Å²) in [4.78, 5) is 16.5. The lowest BCUT2D eigenvalue weighted by Gasteiger charge is -2.12. The van der Waals surface area contributed by atoms with Gasteiger partial charge in [0.1, 0.15) is 5.75 Å². The van der Waals surface area contributed by atoms with Crippen molar-refractivity contribution < 1.29 is 9.53 Å². The Morgan fingerprint density at radius 2 is 1.96 bits per heavy atom. The smallest absolute Gasteiger partial charge is 0.262 e. The van der Waals surface area contributed by atoms with Crippen LogP contribution in [0.3, 0.4) is 0 Å². The van der Waals surface area contributed by atoms with Gasteiger partial charge in [-0.15, -0.1) is 0 Å². The van der Waals surface area contributed by atoms with Crippen LogP contribution in [0.2, 0.25) is 0 Å². The molecule has 2 aromatic carbocycles. The molecule has 0 saturated heterocycles. The van der Waals surface area contributed by atoms with Crippen LogP contribution in [0.4, 0.5) is 5.69 Å². The van der Waals surface area contributed by atoms with Crippen molar-refractivity contribution >= 4 is 22.5 Å². The molecule has 0 fully saturated rings. The highest BCUT2D eigenvalue weighted by Crippen LogP contribution is 2.23. The maximum atomic E-state index is 12.1. The number of hydrogen-bond donors (Lipinski definition) is 1. The first-order valence-electron chi connectivity index (χ1n) is 8.41. The quantitative estimate of drug-likeness (QED) is 0.737. The van der Waals surface area contributed by atoms with Gasteiger partial charge in [-0.3, -0.25) is 9.78 Å². The van der Waals surface area contributed by atoms with Gasteiger partial charge in [-0.1, -0.05) is 38.1 Å². The monoisotopic (exact) mass is 334 g/mol. The molecule has 0 radical (unpaired) electrons. The molecule has 0 bridgehead atoms. The van der Waals surface area contributed by atoms with Gasteiger partial charge in [-0.25, -0.2) is 0 Å². The van der Waals surface area contributed by atoms with E-state index in [0.717, 1.165) is 10.9 Å². The third kappa shape index (κ3) is 4.15. The molecule has 3 rings (SSSR count). The molecule has 0 aliphatic rings. The zero-order valence-corrected chi connectivity index (χ0v) is 14.7. The number of nitrogens with one attached hydrogen (secondary N) is 1. The van der Waals surface area contributed by atoms with E-state index in [0.29, 0.717) is 17.4 Å². The molecule has 25 heavy (non-hydrogen) atoms. The van der Waals surface area contributed by atoms with Crippen molar-refractivity contribution in [3.8, 4) is 5.75 Å². The molecule has 4 heteroatoms. The molecule has 1 heterocycles. The summed E-state index contributed by atoms with van der Waals surface area (Å²) >= 11 is 0. The van der Waals surface area contributed by atoms with E-state index in [4.69, 9.17) is 4.74 Å². The fraction of sp³-hybridized carbons (Fsp3) is 0.238. The Kier molecular flexibility index (Phi) is 4.98. The number of nitrogens with zero attached hydrogens (tertiary/aromatic N) is 1. The molecule has 1 aromatic heterocycles. The number of carbonyl (C=O) groups is 1. The minimum Gasteiger partial charge on any atom is -0.484 e. The molecule has 0 unspecified atom stereocenters. The van der Waals surface area contributed by atoms with Gasteiger partial charge < -0.3 is 10.1 Å². The van der Waals surface area contributed by atoms with Gasteiger partial charge in [0.05, 0.1) is 17.4 Å². The standard InChI is InChI=1S/C21H22N2O2/c1-14(2)19-9-8-18(10-15(19)3)25-13-21(24)23-17-11-16-6-4-5-7-20(16)22-12-17/h4-12,14H,13H2,1-3H3,(H,23,24). The predicted molar refractivity (Wildman–Crippen MR) is 101 cm³/mol. The summed E-state index contributed by atoms with van der Waals surface area (Å²) in [6.45, 7) is 6.35.